The van der Waals surface area contributed by atoms with Crippen LogP contribution in [0.4, 0.5) is 0 Å². The number of rotatable bonds is 7. The molecule has 0 atom stereocenters. The van der Waals surface area contributed by atoms with Crippen molar-refractivity contribution in [2.75, 3.05) is 19.8 Å². The second kappa shape index (κ2) is 10.0. The van der Waals surface area contributed by atoms with Crippen molar-refractivity contribution in [3.8, 4) is 11.8 Å². The Morgan fingerprint density at radius 1 is 1.07 bits per heavy atom. The van der Waals surface area contributed by atoms with Crippen molar-refractivity contribution >= 4 is 0 Å². The molecule has 0 saturated carbocycles. The molecule has 0 bridgehead atoms. The van der Waals surface area contributed by atoms with Gasteiger partial charge in [0, 0.05) is 13.0 Å². The van der Waals surface area contributed by atoms with Crippen LogP contribution in [-0.2, 0) is 9.47 Å². The van der Waals surface area contributed by atoms with Gasteiger partial charge in [0.1, 0.15) is 6.61 Å². The van der Waals surface area contributed by atoms with E-state index in [1.54, 1.807) is 0 Å². The lowest BCUT2D eigenvalue weighted by molar-refractivity contribution is 0.0777. The minimum Gasteiger partial charge on any atom is -0.379 e. The van der Waals surface area contributed by atoms with Crippen LogP contribution in [0.2, 0.25) is 0 Å². The molecule has 0 aromatic rings. The Kier molecular flexibility index (Phi) is 9.67. The van der Waals surface area contributed by atoms with E-state index in [9.17, 15) is 0 Å². The second-order valence-corrected chi connectivity index (χ2v) is 4.29. The number of hydrogen-bond donors (Lipinski definition) is 0. The Balaban J connectivity index is 3.17. The third-order valence-corrected chi connectivity index (χ3v) is 1.65. The van der Waals surface area contributed by atoms with Crippen LogP contribution in [-0.4, -0.2) is 25.9 Å². The summed E-state index contributed by atoms with van der Waals surface area (Å²) in [7, 11) is 0. The maximum absolute atomic E-state index is 5.40. The molecule has 0 fully saturated rings. The highest BCUT2D eigenvalue weighted by molar-refractivity contribution is 4.98. The van der Waals surface area contributed by atoms with E-state index in [1.165, 1.54) is 0 Å². The van der Waals surface area contributed by atoms with Crippen molar-refractivity contribution in [3.63, 3.8) is 0 Å². The van der Waals surface area contributed by atoms with Crippen LogP contribution in [0, 0.1) is 17.8 Å². The van der Waals surface area contributed by atoms with E-state index in [2.05, 4.69) is 25.7 Å². The zero-order chi connectivity index (χ0) is 11.5. The third-order valence-electron chi connectivity index (χ3n) is 1.65. The summed E-state index contributed by atoms with van der Waals surface area (Å²) >= 11 is 0. The maximum atomic E-state index is 5.40. The monoisotopic (exact) mass is 212 g/mol. The lowest BCUT2D eigenvalue weighted by Gasteiger charge is -2.04. The van der Waals surface area contributed by atoms with Gasteiger partial charge in [0.2, 0.25) is 0 Å². The molecule has 0 unspecified atom stereocenters. The molecule has 0 aliphatic carbocycles. The minimum absolute atomic E-state index is 0.326. The molecule has 0 aromatic carbocycles. The normalized spacial score (nSPS) is 10.5. The average Bonchev–Trinajstić information content (AvgIpc) is 2.14. The molecule has 2 nitrogen and oxygen atoms in total. The summed E-state index contributed by atoms with van der Waals surface area (Å²) in [5, 5.41) is 0. The van der Waals surface area contributed by atoms with Gasteiger partial charge in [0.25, 0.3) is 0 Å². The van der Waals surface area contributed by atoms with Crippen molar-refractivity contribution < 1.29 is 9.47 Å². The Bertz CT molecular complexity index is 186. The predicted octanol–water partition coefficient (Wildman–Crippen LogP) is 2.87. The van der Waals surface area contributed by atoms with Crippen LogP contribution < -0.4 is 0 Å². The SMILES string of the molecule is CC(C)COCC#CCCCOC(C)C. The van der Waals surface area contributed by atoms with E-state index >= 15 is 0 Å². The number of unbranched alkanes of at least 4 members (excludes halogenated alkanes) is 1. The smallest absolute Gasteiger partial charge is 0.107 e. The fraction of sp³-hybridized carbons (Fsp3) is 0.846. The van der Waals surface area contributed by atoms with E-state index in [4.69, 9.17) is 9.47 Å². The number of ether oxygens (including phenoxy) is 2. The Hall–Kier alpha value is -0.520. The fourth-order valence-corrected chi connectivity index (χ4v) is 0.965. The van der Waals surface area contributed by atoms with Gasteiger partial charge in [0.05, 0.1) is 12.7 Å². The molecule has 0 spiro atoms. The second-order valence-electron chi connectivity index (χ2n) is 4.29. The molecule has 0 heterocycles. The molecule has 88 valence electrons. The van der Waals surface area contributed by atoms with Crippen LogP contribution in [0.15, 0.2) is 0 Å². The first-order chi connectivity index (χ1) is 7.13. The zero-order valence-corrected chi connectivity index (χ0v) is 10.5. The lowest BCUT2D eigenvalue weighted by atomic mass is 10.2. The van der Waals surface area contributed by atoms with Crippen LogP contribution in [0.25, 0.3) is 0 Å². The highest BCUT2D eigenvalue weighted by atomic mass is 16.5. The topological polar surface area (TPSA) is 18.5 Å². The molecule has 0 rings (SSSR count). The first-order valence-corrected chi connectivity index (χ1v) is 5.78. The molecule has 0 radical (unpaired) electrons. The molecular formula is C13H24O2. The highest BCUT2D eigenvalue weighted by Crippen LogP contribution is 1.93. The van der Waals surface area contributed by atoms with Gasteiger partial charge in [-0.25, -0.2) is 0 Å². The Morgan fingerprint density at radius 3 is 2.40 bits per heavy atom. The molecule has 0 aromatic heterocycles. The molecule has 0 amide bonds. The van der Waals surface area contributed by atoms with Crippen LogP contribution in [0.5, 0.6) is 0 Å². The molecule has 2 heteroatoms. The van der Waals surface area contributed by atoms with Crippen molar-refractivity contribution in [2.24, 2.45) is 5.92 Å². The lowest BCUT2D eigenvalue weighted by Crippen LogP contribution is -2.03. The van der Waals surface area contributed by atoms with Gasteiger partial charge >= 0.3 is 0 Å². The standard InChI is InChI=1S/C13H24O2/c1-12(2)11-14-9-7-5-6-8-10-15-13(3)4/h12-13H,6,8-11H2,1-4H3. The summed E-state index contributed by atoms with van der Waals surface area (Å²) in [5.74, 6) is 6.67. The summed E-state index contributed by atoms with van der Waals surface area (Å²) < 4.78 is 10.7. The Morgan fingerprint density at radius 2 is 1.80 bits per heavy atom. The van der Waals surface area contributed by atoms with Crippen LogP contribution >= 0.6 is 0 Å². The van der Waals surface area contributed by atoms with E-state index in [1.807, 2.05) is 13.8 Å². The minimum atomic E-state index is 0.326. The molecule has 0 saturated heterocycles. The predicted molar refractivity (Wildman–Crippen MR) is 63.8 cm³/mol. The van der Waals surface area contributed by atoms with E-state index in [-0.39, 0.29) is 0 Å². The van der Waals surface area contributed by atoms with Gasteiger partial charge in [-0.05, 0) is 26.2 Å². The fourth-order valence-electron chi connectivity index (χ4n) is 0.965. The molecule has 15 heavy (non-hydrogen) atoms. The van der Waals surface area contributed by atoms with Crippen LogP contribution in [0.1, 0.15) is 40.5 Å². The van der Waals surface area contributed by atoms with Crippen LogP contribution in [0.3, 0.4) is 0 Å². The molecule has 0 aliphatic rings. The number of hydrogen-bond acceptors (Lipinski definition) is 2. The maximum Gasteiger partial charge on any atom is 0.107 e. The van der Waals surface area contributed by atoms with Crippen molar-refractivity contribution in [3.05, 3.63) is 0 Å². The first-order valence-electron chi connectivity index (χ1n) is 5.78. The summed E-state index contributed by atoms with van der Waals surface area (Å²) in [6, 6.07) is 0. The summed E-state index contributed by atoms with van der Waals surface area (Å²) in [4.78, 5) is 0. The largest absolute Gasteiger partial charge is 0.379 e. The van der Waals surface area contributed by atoms with Crippen molar-refractivity contribution in [2.45, 2.75) is 46.6 Å². The molecular weight excluding hydrogens is 188 g/mol. The van der Waals surface area contributed by atoms with Crippen molar-refractivity contribution in [1.29, 1.82) is 0 Å². The van der Waals surface area contributed by atoms with Gasteiger partial charge < -0.3 is 9.47 Å². The zero-order valence-electron chi connectivity index (χ0n) is 10.5. The van der Waals surface area contributed by atoms with Gasteiger partial charge in [-0.3, -0.25) is 0 Å². The van der Waals surface area contributed by atoms with E-state index in [0.717, 1.165) is 26.1 Å². The Labute approximate surface area is 94.3 Å². The quantitative estimate of drug-likeness (QED) is 0.477. The van der Waals surface area contributed by atoms with Gasteiger partial charge in [0.15, 0.2) is 0 Å². The summed E-state index contributed by atoms with van der Waals surface area (Å²) in [6.45, 7) is 10.5. The summed E-state index contributed by atoms with van der Waals surface area (Å²) in [5.41, 5.74) is 0. The average molecular weight is 212 g/mol. The summed E-state index contributed by atoms with van der Waals surface area (Å²) in [6.07, 6.45) is 2.24. The van der Waals surface area contributed by atoms with Gasteiger partial charge in [-0.15, -0.1) is 5.92 Å². The van der Waals surface area contributed by atoms with E-state index in [0.29, 0.717) is 18.6 Å². The molecule has 0 N–H and O–H groups in total. The third kappa shape index (κ3) is 13.5. The highest BCUT2D eigenvalue weighted by Gasteiger charge is 1.91. The van der Waals surface area contributed by atoms with Gasteiger partial charge in [-0.2, -0.15) is 0 Å². The van der Waals surface area contributed by atoms with Gasteiger partial charge in [-0.1, -0.05) is 19.8 Å². The van der Waals surface area contributed by atoms with E-state index < -0.39 is 0 Å². The first kappa shape index (κ1) is 14.5. The van der Waals surface area contributed by atoms with Crippen molar-refractivity contribution in [1.82, 2.24) is 0 Å². The molecule has 0 aliphatic heterocycles.